The molecule has 0 spiro atoms. The zero-order valence-electron chi connectivity index (χ0n) is 12.6. The average molecular weight is 291 g/mol. The Morgan fingerprint density at radius 2 is 1.95 bits per heavy atom. The second-order valence-electron chi connectivity index (χ2n) is 6.09. The van der Waals surface area contributed by atoms with E-state index in [9.17, 15) is 9.90 Å². The molecule has 0 saturated heterocycles. The molecule has 1 aliphatic carbocycles. The summed E-state index contributed by atoms with van der Waals surface area (Å²) in [6, 6.07) is 7.10. The van der Waals surface area contributed by atoms with Gasteiger partial charge in [0.15, 0.2) is 0 Å². The SMILES string of the molecule is CN(CCC(=O)Nc1ccc(N)cc1)CC1(O)CCCC1. The van der Waals surface area contributed by atoms with Crippen LogP contribution in [0.15, 0.2) is 24.3 Å². The molecule has 1 aliphatic rings. The summed E-state index contributed by atoms with van der Waals surface area (Å²) >= 11 is 0. The van der Waals surface area contributed by atoms with Crippen LogP contribution in [0.4, 0.5) is 11.4 Å². The molecule has 1 saturated carbocycles. The average Bonchev–Trinajstić information content (AvgIpc) is 2.85. The van der Waals surface area contributed by atoms with Gasteiger partial charge in [0.25, 0.3) is 0 Å². The van der Waals surface area contributed by atoms with Gasteiger partial charge in [-0.2, -0.15) is 0 Å². The fraction of sp³-hybridized carbons (Fsp3) is 0.562. The lowest BCUT2D eigenvalue weighted by atomic mass is 10.0. The van der Waals surface area contributed by atoms with E-state index in [4.69, 9.17) is 5.73 Å². The van der Waals surface area contributed by atoms with Gasteiger partial charge in [0.2, 0.25) is 5.91 Å². The number of aliphatic hydroxyl groups is 1. The molecule has 5 nitrogen and oxygen atoms in total. The molecular formula is C16H25N3O2. The molecule has 2 rings (SSSR count). The quantitative estimate of drug-likeness (QED) is 0.699. The van der Waals surface area contributed by atoms with Crippen LogP contribution in [-0.4, -0.2) is 41.7 Å². The third-order valence-corrected chi connectivity index (χ3v) is 4.01. The van der Waals surface area contributed by atoms with Crippen molar-refractivity contribution in [3.63, 3.8) is 0 Å². The van der Waals surface area contributed by atoms with E-state index < -0.39 is 5.60 Å². The molecule has 0 unspecified atom stereocenters. The molecule has 0 bridgehead atoms. The molecule has 0 aromatic heterocycles. The lowest BCUT2D eigenvalue weighted by Gasteiger charge is -2.28. The Hall–Kier alpha value is -1.59. The lowest BCUT2D eigenvalue weighted by molar-refractivity contribution is -0.116. The number of nitrogens with one attached hydrogen (secondary N) is 1. The highest BCUT2D eigenvalue weighted by Gasteiger charge is 2.32. The number of anilines is 2. The summed E-state index contributed by atoms with van der Waals surface area (Å²) in [5.74, 6) is -0.0231. The fourth-order valence-corrected chi connectivity index (χ4v) is 2.86. The second kappa shape index (κ2) is 6.91. The van der Waals surface area contributed by atoms with Crippen molar-refractivity contribution in [2.75, 3.05) is 31.2 Å². The third-order valence-electron chi connectivity index (χ3n) is 4.01. The number of carbonyl (C=O) groups excluding carboxylic acids is 1. The highest BCUT2D eigenvalue weighted by molar-refractivity contribution is 5.90. The van der Waals surface area contributed by atoms with Crippen molar-refractivity contribution in [2.45, 2.75) is 37.7 Å². The molecule has 0 atom stereocenters. The van der Waals surface area contributed by atoms with Gasteiger partial charge in [-0.25, -0.2) is 0 Å². The van der Waals surface area contributed by atoms with Crippen LogP contribution >= 0.6 is 0 Å². The maximum Gasteiger partial charge on any atom is 0.225 e. The highest BCUT2D eigenvalue weighted by atomic mass is 16.3. The van der Waals surface area contributed by atoms with Gasteiger partial charge < -0.3 is 21.1 Å². The molecule has 4 N–H and O–H groups in total. The number of hydrogen-bond acceptors (Lipinski definition) is 4. The minimum Gasteiger partial charge on any atom is -0.399 e. The highest BCUT2D eigenvalue weighted by Crippen LogP contribution is 2.29. The number of likely N-dealkylation sites (N-methyl/N-ethyl adjacent to an activating group) is 1. The van der Waals surface area contributed by atoms with E-state index in [1.54, 1.807) is 24.3 Å². The molecule has 0 radical (unpaired) electrons. The van der Waals surface area contributed by atoms with Crippen molar-refractivity contribution in [3.8, 4) is 0 Å². The van der Waals surface area contributed by atoms with Crippen molar-refractivity contribution in [1.82, 2.24) is 4.90 Å². The van der Waals surface area contributed by atoms with E-state index in [0.717, 1.165) is 31.4 Å². The summed E-state index contributed by atoms with van der Waals surface area (Å²) < 4.78 is 0. The van der Waals surface area contributed by atoms with Gasteiger partial charge in [0.05, 0.1) is 5.60 Å². The summed E-state index contributed by atoms with van der Waals surface area (Å²) in [7, 11) is 1.95. The molecule has 1 aromatic rings. The third kappa shape index (κ3) is 5.02. The number of nitrogens with two attached hydrogens (primary N) is 1. The molecule has 1 aromatic carbocycles. The zero-order valence-corrected chi connectivity index (χ0v) is 12.6. The van der Waals surface area contributed by atoms with Crippen LogP contribution < -0.4 is 11.1 Å². The number of nitrogens with zero attached hydrogens (tertiary/aromatic N) is 1. The van der Waals surface area contributed by atoms with Gasteiger partial charge in [-0.05, 0) is 44.2 Å². The summed E-state index contributed by atoms with van der Waals surface area (Å²) in [6.07, 6.45) is 4.35. The van der Waals surface area contributed by atoms with E-state index in [1.165, 1.54) is 0 Å². The Morgan fingerprint density at radius 1 is 1.33 bits per heavy atom. The van der Waals surface area contributed by atoms with E-state index in [2.05, 4.69) is 5.32 Å². The molecule has 21 heavy (non-hydrogen) atoms. The van der Waals surface area contributed by atoms with E-state index in [1.807, 2.05) is 11.9 Å². The molecule has 116 valence electrons. The van der Waals surface area contributed by atoms with Crippen molar-refractivity contribution in [2.24, 2.45) is 0 Å². The summed E-state index contributed by atoms with van der Waals surface area (Å²) in [4.78, 5) is 13.9. The number of nitrogen functional groups attached to an aromatic ring is 1. The number of amides is 1. The van der Waals surface area contributed by atoms with Crippen LogP contribution in [0.25, 0.3) is 0 Å². The van der Waals surface area contributed by atoms with Crippen molar-refractivity contribution >= 4 is 17.3 Å². The Morgan fingerprint density at radius 3 is 2.57 bits per heavy atom. The smallest absolute Gasteiger partial charge is 0.225 e. The lowest BCUT2D eigenvalue weighted by Crippen LogP contribution is -2.40. The van der Waals surface area contributed by atoms with Crippen LogP contribution in [0.3, 0.4) is 0 Å². The largest absolute Gasteiger partial charge is 0.399 e. The van der Waals surface area contributed by atoms with Crippen LogP contribution in [-0.2, 0) is 4.79 Å². The molecular weight excluding hydrogens is 266 g/mol. The van der Waals surface area contributed by atoms with Gasteiger partial charge >= 0.3 is 0 Å². The van der Waals surface area contributed by atoms with Crippen molar-refractivity contribution in [3.05, 3.63) is 24.3 Å². The number of hydrogen-bond donors (Lipinski definition) is 3. The monoisotopic (exact) mass is 291 g/mol. The van der Waals surface area contributed by atoms with E-state index in [-0.39, 0.29) is 5.91 Å². The van der Waals surface area contributed by atoms with Crippen LogP contribution in [0, 0.1) is 0 Å². The molecule has 0 heterocycles. The fourth-order valence-electron chi connectivity index (χ4n) is 2.86. The second-order valence-corrected chi connectivity index (χ2v) is 6.09. The van der Waals surface area contributed by atoms with Crippen LogP contribution in [0.1, 0.15) is 32.1 Å². The Balaban J connectivity index is 1.72. The van der Waals surface area contributed by atoms with Crippen molar-refractivity contribution < 1.29 is 9.90 Å². The standard InChI is InChI=1S/C16H25N3O2/c1-19(12-16(21)9-2-3-10-16)11-8-15(20)18-14-6-4-13(17)5-7-14/h4-7,21H,2-3,8-12,17H2,1H3,(H,18,20). The topological polar surface area (TPSA) is 78.6 Å². The Bertz CT molecular complexity index is 467. The first-order valence-electron chi connectivity index (χ1n) is 7.53. The Labute approximate surface area is 126 Å². The van der Waals surface area contributed by atoms with Gasteiger partial charge in [-0.15, -0.1) is 0 Å². The zero-order chi connectivity index (χ0) is 15.3. The predicted octanol–water partition coefficient (Wildman–Crippen LogP) is 1.83. The van der Waals surface area contributed by atoms with Crippen LogP contribution in [0.5, 0.6) is 0 Å². The number of rotatable bonds is 6. The predicted molar refractivity (Wildman–Crippen MR) is 85.0 cm³/mol. The van der Waals surface area contributed by atoms with Gasteiger partial charge in [0, 0.05) is 30.9 Å². The van der Waals surface area contributed by atoms with Gasteiger partial charge in [-0.3, -0.25) is 4.79 Å². The maximum absolute atomic E-state index is 11.9. The van der Waals surface area contributed by atoms with Crippen molar-refractivity contribution in [1.29, 1.82) is 0 Å². The van der Waals surface area contributed by atoms with E-state index >= 15 is 0 Å². The normalized spacial score (nSPS) is 17.1. The maximum atomic E-state index is 11.9. The Kier molecular flexibility index (Phi) is 5.20. The molecule has 1 fully saturated rings. The summed E-state index contributed by atoms with van der Waals surface area (Å²) in [5, 5.41) is 13.2. The number of carbonyl (C=O) groups is 1. The van der Waals surface area contributed by atoms with Crippen LogP contribution in [0.2, 0.25) is 0 Å². The van der Waals surface area contributed by atoms with Gasteiger partial charge in [-0.1, -0.05) is 12.8 Å². The first-order valence-corrected chi connectivity index (χ1v) is 7.53. The first kappa shape index (κ1) is 15.8. The summed E-state index contributed by atoms with van der Waals surface area (Å²) in [5.41, 5.74) is 6.48. The minimum absolute atomic E-state index is 0.0231. The van der Waals surface area contributed by atoms with Gasteiger partial charge in [0.1, 0.15) is 0 Å². The van der Waals surface area contributed by atoms with E-state index in [0.29, 0.717) is 25.2 Å². The number of benzene rings is 1. The summed E-state index contributed by atoms with van der Waals surface area (Å²) in [6.45, 7) is 1.28. The molecule has 5 heteroatoms. The minimum atomic E-state index is -0.553. The molecule has 1 amide bonds. The first-order chi connectivity index (χ1) is 9.97. The molecule has 0 aliphatic heterocycles.